The lowest BCUT2D eigenvalue weighted by Crippen LogP contribution is -2.25. The number of nitrogens with zero attached hydrogens (tertiary/aromatic N) is 2. The third-order valence-electron chi connectivity index (χ3n) is 3.63. The standard InChI is InChI=1S/C18H18N4O3S/c1-11-4-3-5-13(20-11)9-19-16(23)8-14-10-26-18(21-14)22-17(24)15-6-7-25-12(15)2/h3-7,10H,8-9H2,1-2H3,(H,19,23)(H,21,22,24). The van der Waals surface area contributed by atoms with Gasteiger partial charge >= 0.3 is 0 Å². The van der Waals surface area contributed by atoms with Crippen molar-refractivity contribution in [2.24, 2.45) is 0 Å². The number of carbonyl (C=O) groups is 2. The fraction of sp³-hybridized carbons (Fsp3) is 0.222. The van der Waals surface area contributed by atoms with Gasteiger partial charge in [0.05, 0.1) is 36.2 Å². The number of hydrogen-bond acceptors (Lipinski definition) is 6. The van der Waals surface area contributed by atoms with Crippen molar-refractivity contribution in [2.75, 3.05) is 5.32 Å². The van der Waals surface area contributed by atoms with E-state index in [2.05, 4.69) is 20.6 Å². The van der Waals surface area contributed by atoms with Crippen LogP contribution >= 0.6 is 11.3 Å². The van der Waals surface area contributed by atoms with Crippen molar-refractivity contribution in [3.8, 4) is 0 Å². The predicted molar refractivity (Wildman–Crippen MR) is 98.0 cm³/mol. The van der Waals surface area contributed by atoms with E-state index in [4.69, 9.17) is 4.42 Å². The van der Waals surface area contributed by atoms with Crippen LogP contribution in [0.25, 0.3) is 0 Å². The van der Waals surface area contributed by atoms with Crippen LogP contribution in [0.2, 0.25) is 0 Å². The molecule has 3 aromatic heterocycles. The lowest BCUT2D eigenvalue weighted by atomic mass is 10.2. The molecule has 2 N–H and O–H groups in total. The molecule has 26 heavy (non-hydrogen) atoms. The highest BCUT2D eigenvalue weighted by atomic mass is 32.1. The molecule has 2 amide bonds. The zero-order chi connectivity index (χ0) is 18.5. The first-order chi connectivity index (χ1) is 12.5. The van der Waals surface area contributed by atoms with E-state index in [1.165, 1.54) is 17.6 Å². The summed E-state index contributed by atoms with van der Waals surface area (Å²) in [7, 11) is 0. The number of amides is 2. The monoisotopic (exact) mass is 370 g/mol. The van der Waals surface area contributed by atoms with Gasteiger partial charge in [-0.25, -0.2) is 4.98 Å². The summed E-state index contributed by atoms with van der Waals surface area (Å²) >= 11 is 1.27. The van der Waals surface area contributed by atoms with Gasteiger partial charge in [0, 0.05) is 11.1 Å². The molecule has 0 spiro atoms. The van der Waals surface area contributed by atoms with Gasteiger partial charge in [-0.05, 0) is 32.0 Å². The van der Waals surface area contributed by atoms with Crippen LogP contribution in [0.5, 0.6) is 0 Å². The summed E-state index contributed by atoms with van der Waals surface area (Å²) in [6.07, 6.45) is 1.61. The third kappa shape index (κ3) is 4.54. The van der Waals surface area contributed by atoms with Crippen molar-refractivity contribution in [1.29, 1.82) is 0 Å². The Morgan fingerprint density at radius 2 is 2.00 bits per heavy atom. The Hall–Kier alpha value is -3.00. The van der Waals surface area contributed by atoms with Crippen LogP contribution in [0.15, 0.2) is 40.3 Å². The molecule has 0 aliphatic carbocycles. The van der Waals surface area contributed by atoms with Crippen LogP contribution in [0, 0.1) is 13.8 Å². The molecule has 0 unspecified atom stereocenters. The molecule has 3 aromatic rings. The van der Waals surface area contributed by atoms with Gasteiger partial charge in [-0.15, -0.1) is 11.3 Å². The van der Waals surface area contributed by atoms with Crippen LogP contribution in [0.1, 0.15) is 33.2 Å². The highest BCUT2D eigenvalue weighted by Gasteiger charge is 2.14. The molecule has 7 nitrogen and oxygen atoms in total. The smallest absolute Gasteiger partial charge is 0.260 e. The van der Waals surface area contributed by atoms with E-state index in [-0.39, 0.29) is 18.2 Å². The number of furan rings is 1. The Bertz CT molecular complexity index is 932. The van der Waals surface area contributed by atoms with E-state index < -0.39 is 0 Å². The second kappa shape index (κ2) is 7.92. The van der Waals surface area contributed by atoms with Gasteiger partial charge in [0.25, 0.3) is 5.91 Å². The van der Waals surface area contributed by atoms with Crippen LogP contribution in [0.3, 0.4) is 0 Å². The van der Waals surface area contributed by atoms with Crippen molar-refractivity contribution in [3.63, 3.8) is 0 Å². The summed E-state index contributed by atoms with van der Waals surface area (Å²) in [6, 6.07) is 7.27. The lowest BCUT2D eigenvalue weighted by Gasteiger charge is -2.04. The summed E-state index contributed by atoms with van der Waals surface area (Å²) < 4.78 is 5.12. The van der Waals surface area contributed by atoms with Crippen molar-refractivity contribution in [1.82, 2.24) is 15.3 Å². The molecule has 0 atom stereocenters. The minimum absolute atomic E-state index is 0.142. The molecule has 0 fully saturated rings. The number of hydrogen-bond donors (Lipinski definition) is 2. The molecule has 0 saturated heterocycles. The number of carbonyl (C=O) groups excluding carboxylic acids is 2. The summed E-state index contributed by atoms with van der Waals surface area (Å²) in [4.78, 5) is 32.8. The number of aromatic nitrogens is 2. The van der Waals surface area contributed by atoms with Gasteiger partial charge < -0.3 is 9.73 Å². The minimum atomic E-state index is -0.285. The average Bonchev–Trinajstić information content (AvgIpc) is 3.22. The molecule has 134 valence electrons. The normalized spacial score (nSPS) is 10.5. The highest BCUT2D eigenvalue weighted by Crippen LogP contribution is 2.18. The number of nitrogens with one attached hydrogen (secondary N) is 2. The van der Waals surface area contributed by atoms with Crippen LogP contribution < -0.4 is 10.6 Å². The topological polar surface area (TPSA) is 97.1 Å². The predicted octanol–water partition coefficient (Wildman–Crippen LogP) is 2.86. The number of pyridine rings is 1. The van der Waals surface area contributed by atoms with Crippen LogP contribution in [0.4, 0.5) is 5.13 Å². The van der Waals surface area contributed by atoms with Crippen LogP contribution in [-0.4, -0.2) is 21.8 Å². The van der Waals surface area contributed by atoms with Gasteiger partial charge in [0.15, 0.2) is 5.13 Å². The molecule has 0 aliphatic heterocycles. The second-order valence-corrected chi connectivity index (χ2v) is 6.57. The lowest BCUT2D eigenvalue weighted by molar-refractivity contribution is -0.120. The van der Waals surface area contributed by atoms with E-state index in [1.54, 1.807) is 18.4 Å². The number of aryl methyl sites for hydroxylation is 2. The summed E-state index contributed by atoms with van der Waals surface area (Å²) in [5.41, 5.74) is 2.78. The Kier molecular flexibility index (Phi) is 5.43. The SMILES string of the molecule is Cc1cccc(CNC(=O)Cc2csc(NC(=O)c3ccoc3C)n2)n1. The maximum absolute atomic E-state index is 12.1. The van der Waals surface area contributed by atoms with E-state index in [0.29, 0.717) is 28.7 Å². The summed E-state index contributed by atoms with van der Waals surface area (Å²) in [5, 5.41) is 7.72. The second-order valence-electron chi connectivity index (χ2n) is 5.71. The summed E-state index contributed by atoms with van der Waals surface area (Å²) in [5.74, 6) is 0.109. The molecular weight excluding hydrogens is 352 g/mol. The maximum atomic E-state index is 12.1. The Balaban J connectivity index is 1.52. The molecule has 0 saturated carbocycles. The minimum Gasteiger partial charge on any atom is -0.469 e. The molecule has 0 aromatic carbocycles. The maximum Gasteiger partial charge on any atom is 0.260 e. The molecule has 0 aliphatic rings. The zero-order valence-corrected chi connectivity index (χ0v) is 15.2. The Morgan fingerprint density at radius 3 is 2.73 bits per heavy atom. The third-order valence-corrected chi connectivity index (χ3v) is 4.44. The van der Waals surface area contributed by atoms with E-state index in [9.17, 15) is 9.59 Å². The first-order valence-electron chi connectivity index (χ1n) is 8.00. The highest BCUT2D eigenvalue weighted by molar-refractivity contribution is 7.14. The molecular formula is C18H18N4O3S. The number of anilines is 1. The van der Waals surface area contributed by atoms with Gasteiger partial charge in [0.1, 0.15) is 5.76 Å². The largest absolute Gasteiger partial charge is 0.469 e. The number of thiazole rings is 1. The summed E-state index contributed by atoms with van der Waals surface area (Å²) in [6.45, 7) is 3.99. The fourth-order valence-electron chi connectivity index (χ4n) is 2.34. The Morgan fingerprint density at radius 1 is 1.15 bits per heavy atom. The van der Waals surface area contributed by atoms with Crippen molar-refractivity contribution in [2.45, 2.75) is 26.8 Å². The first kappa shape index (κ1) is 17.8. The fourth-order valence-corrected chi connectivity index (χ4v) is 3.05. The Labute approximate surface area is 154 Å². The first-order valence-corrected chi connectivity index (χ1v) is 8.88. The molecule has 0 bridgehead atoms. The molecule has 8 heteroatoms. The van der Waals surface area contributed by atoms with Crippen molar-refractivity contribution < 1.29 is 14.0 Å². The van der Waals surface area contributed by atoms with Gasteiger partial charge in [0.2, 0.25) is 5.91 Å². The van der Waals surface area contributed by atoms with Crippen molar-refractivity contribution >= 4 is 28.3 Å². The van der Waals surface area contributed by atoms with Gasteiger partial charge in [-0.3, -0.25) is 19.9 Å². The van der Waals surface area contributed by atoms with Gasteiger partial charge in [-0.1, -0.05) is 6.07 Å². The van der Waals surface area contributed by atoms with Gasteiger partial charge in [-0.2, -0.15) is 0 Å². The van der Waals surface area contributed by atoms with E-state index in [0.717, 1.165) is 11.4 Å². The average molecular weight is 370 g/mol. The van der Waals surface area contributed by atoms with E-state index >= 15 is 0 Å². The van der Waals surface area contributed by atoms with Crippen molar-refractivity contribution in [3.05, 3.63) is 64.3 Å². The zero-order valence-electron chi connectivity index (χ0n) is 14.4. The number of rotatable bonds is 6. The molecule has 3 heterocycles. The van der Waals surface area contributed by atoms with E-state index in [1.807, 2.05) is 25.1 Å². The van der Waals surface area contributed by atoms with Crippen LogP contribution in [-0.2, 0) is 17.8 Å². The molecule has 0 radical (unpaired) electrons. The molecule has 3 rings (SSSR count). The quantitative estimate of drug-likeness (QED) is 0.695.